The van der Waals surface area contributed by atoms with Crippen LogP contribution >= 0.6 is 0 Å². The summed E-state index contributed by atoms with van der Waals surface area (Å²) >= 11 is 0. The third kappa shape index (κ3) is 4.78. The second-order valence-electron chi connectivity index (χ2n) is 4.39. The molecule has 90 valence electrons. The molecular formula is C13H27NO. The zero-order valence-corrected chi connectivity index (χ0v) is 11.0. The highest BCUT2D eigenvalue weighted by Crippen LogP contribution is 2.26. The maximum atomic E-state index is 11.7. The molecule has 15 heavy (non-hydrogen) atoms. The third-order valence-electron chi connectivity index (χ3n) is 3.11. The van der Waals surface area contributed by atoms with E-state index in [0.29, 0.717) is 17.7 Å². The number of hydrogen-bond acceptors (Lipinski definition) is 2. The molecule has 0 aliphatic heterocycles. The van der Waals surface area contributed by atoms with Crippen molar-refractivity contribution in [1.82, 2.24) is 5.32 Å². The molecule has 0 unspecified atom stereocenters. The molecule has 0 radical (unpaired) electrons. The molecule has 0 aromatic carbocycles. The van der Waals surface area contributed by atoms with E-state index in [0.717, 1.165) is 12.8 Å². The Balaban J connectivity index is 0.000000921. The maximum absolute atomic E-state index is 11.7. The van der Waals surface area contributed by atoms with Crippen molar-refractivity contribution in [2.75, 3.05) is 7.05 Å². The van der Waals surface area contributed by atoms with Crippen molar-refractivity contribution in [3.8, 4) is 0 Å². The van der Waals surface area contributed by atoms with Gasteiger partial charge in [-0.2, -0.15) is 0 Å². The fourth-order valence-corrected chi connectivity index (χ4v) is 2.14. The summed E-state index contributed by atoms with van der Waals surface area (Å²) in [5.41, 5.74) is 0. The van der Waals surface area contributed by atoms with Gasteiger partial charge < -0.3 is 5.32 Å². The lowest BCUT2D eigenvalue weighted by Gasteiger charge is -2.28. The third-order valence-corrected chi connectivity index (χ3v) is 3.11. The average Bonchev–Trinajstić information content (AvgIpc) is 2.31. The van der Waals surface area contributed by atoms with E-state index in [1.54, 1.807) is 0 Å². The molecule has 0 aromatic rings. The molecule has 0 spiro atoms. The van der Waals surface area contributed by atoms with Crippen molar-refractivity contribution in [2.45, 2.75) is 59.4 Å². The van der Waals surface area contributed by atoms with Gasteiger partial charge in [0.2, 0.25) is 0 Å². The fourth-order valence-electron chi connectivity index (χ4n) is 2.14. The van der Waals surface area contributed by atoms with Crippen LogP contribution in [0.2, 0.25) is 0 Å². The number of rotatable bonds is 3. The standard InChI is InChI=1S/C11H21NO.C2H6/c1-8(2)11(13)9-4-6-10(12-3)7-5-9;1-2/h8-10,12H,4-7H2,1-3H3;1-2H3. The van der Waals surface area contributed by atoms with Crippen LogP contribution in [0.25, 0.3) is 0 Å². The SMILES string of the molecule is CC.CNC1CCC(C(=O)C(C)C)CC1. The molecule has 0 heterocycles. The van der Waals surface area contributed by atoms with Gasteiger partial charge in [-0.3, -0.25) is 4.79 Å². The highest BCUT2D eigenvalue weighted by atomic mass is 16.1. The Morgan fingerprint density at radius 3 is 1.93 bits per heavy atom. The summed E-state index contributed by atoms with van der Waals surface area (Å²) in [5, 5.41) is 3.28. The van der Waals surface area contributed by atoms with Crippen molar-refractivity contribution in [3.63, 3.8) is 0 Å². The summed E-state index contributed by atoms with van der Waals surface area (Å²) in [4.78, 5) is 11.7. The molecular weight excluding hydrogens is 186 g/mol. The van der Waals surface area contributed by atoms with Crippen LogP contribution in [-0.2, 0) is 4.79 Å². The molecule has 1 saturated carbocycles. The van der Waals surface area contributed by atoms with Crippen molar-refractivity contribution in [3.05, 3.63) is 0 Å². The molecule has 2 nitrogen and oxygen atoms in total. The van der Waals surface area contributed by atoms with E-state index < -0.39 is 0 Å². The van der Waals surface area contributed by atoms with Gasteiger partial charge in [-0.05, 0) is 32.7 Å². The smallest absolute Gasteiger partial charge is 0.138 e. The monoisotopic (exact) mass is 213 g/mol. The molecule has 0 amide bonds. The van der Waals surface area contributed by atoms with Crippen molar-refractivity contribution in [2.24, 2.45) is 11.8 Å². The molecule has 1 rings (SSSR count). The lowest BCUT2D eigenvalue weighted by atomic mass is 9.80. The molecule has 1 fully saturated rings. The van der Waals surface area contributed by atoms with Gasteiger partial charge in [0.1, 0.15) is 5.78 Å². The largest absolute Gasteiger partial charge is 0.317 e. The van der Waals surface area contributed by atoms with Crippen LogP contribution in [0.4, 0.5) is 0 Å². The second-order valence-corrected chi connectivity index (χ2v) is 4.39. The van der Waals surface area contributed by atoms with Gasteiger partial charge in [0.05, 0.1) is 0 Å². The number of nitrogens with one attached hydrogen (secondary N) is 1. The highest BCUT2D eigenvalue weighted by Gasteiger charge is 2.26. The predicted molar refractivity (Wildman–Crippen MR) is 66.0 cm³/mol. The summed E-state index contributed by atoms with van der Waals surface area (Å²) in [6.45, 7) is 8.01. The Labute approximate surface area is 94.8 Å². The first-order valence-corrected chi connectivity index (χ1v) is 6.36. The molecule has 1 N–H and O–H groups in total. The number of carbonyl (C=O) groups is 1. The Morgan fingerprint density at radius 2 is 1.60 bits per heavy atom. The van der Waals surface area contributed by atoms with E-state index in [2.05, 4.69) is 5.32 Å². The summed E-state index contributed by atoms with van der Waals surface area (Å²) < 4.78 is 0. The second kappa shape index (κ2) is 7.86. The average molecular weight is 213 g/mol. The fraction of sp³-hybridized carbons (Fsp3) is 0.923. The van der Waals surface area contributed by atoms with Crippen molar-refractivity contribution in [1.29, 1.82) is 0 Å². The zero-order valence-electron chi connectivity index (χ0n) is 11.0. The van der Waals surface area contributed by atoms with Crippen molar-refractivity contribution >= 4 is 5.78 Å². The van der Waals surface area contributed by atoms with Gasteiger partial charge in [-0.15, -0.1) is 0 Å². The van der Waals surface area contributed by atoms with E-state index in [4.69, 9.17) is 0 Å². The molecule has 0 saturated heterocycles. The van der Waals surface area contributed by atoms with Crippen LogP contribution in [0, 0.1) is 11.8 Å². The van der Waals surface area contributed by atoms with E-state index >= 15 is 0 Å². The first kappa shape index (κ1) is 14.6. The minimum absolute atomic E-state index is 0.219. The normalized spacial score (nSPS) is 25.7. The lowest BCUT2D eigenvalue weighted by Crippen LogP contribution is -2.33. The topological polar surface area (TPSA) is 29.1 Å². The van der Waals surface area contributed by atoms with Crippen LogP contribution < -0.4 is 5.32 Å². The van der Waals surface area contributed by atoms with Crippen LogP contribution in [0.3, 0.4) is 0 Å². The quantitative estimate of drug-likeness (QED) is 0.781. The maximum Gasteiger partial charge on any atom is 0.138 e. The van der Waals surface area contributed by atoms with Gasteiger partial charge >= 0.3 is 0 Å². The van der Waals surface area contributed by atoms with E-state index in [1.807, 2.05) is 34.7 Å². The molecule has 0 aromatic heterocycles. The van der Waals surface area contributed by atoms with Crippen LogP contribution in [-0.4, -0.2) is 18.9 Å². The van der Waals surface area contributed by atoms with Gasteiger partial charge in [0.25, 0.3) is 0 Å². The summed E-state index contributed by atoms with van der Waals surface area (Å²) in [6, 6.07) is 0.649. The van der Waals surface area contributed by atoms with Crippen LogP contribution in [0.15, 0.2) is 0 Å². The molecule has 2 heteroatoms. The summed E-state index contributed by atoms with van der Waals surface area (Å²) in [7, 11) is 2.01. The Kier molecular flexibility index (Phi) is 7.67. The van der Waals surface area contributed by atoms with Crippen molar-refractivity contribution < 1.29 is 4.79 Å². The molecule has 0 atom stereocenters. The number of hydrogen-bond donors (Lipinski definition) is 1. The van der Waals surface area contributed by atoms with E-state index in [9.17, 15) is 4.79 Å². The first-order chi connectivity index (χ1) is 7.15. The van der Waals surface area contributed by atoms with Gasteiger partial charge in [-0.25, -0.2) is 0 Å². The van der Waals surface area contributed by atoms with Gasteiger partial charge in [0.15, 0.2) is 0 Å². The first-order valence-electron chi connectivity index (χ1n) is 6.36. The van der Waals surface area contributed by atoms with Gasteiger partial charge in [0, 0.05) is 17.9 Å². The summed E-state index contributed by atoms with van der Waals surface area (Å²) in [6.07, 6.45) is 4.50. The minimum atomic E-state index is 0.219. The van der Waals surface area contributed by atoms with E-state index in [1.165, 1.54) is 12.8 Å². The van der Waals surface area contributed by atoms with Gasteiger partial charge in [-0.1, -0.05) is 27.7 Å². The summed E-state index contributed by atoms with van der Waals surface area (Å²) in [5.74, 6) is 1.04. The van der Waals surface area contributed by atoms with E-state index in [-0.39, 0.29) is 5.92 Å². The highest BCUT2D eigenvalue weighted by molar-refractivity contribution is 5.82. The van der Waals surface area contributed by atoms with Crippen LogP contribution in [0.5, 0.6) is 0 Å². The number of carbonyl (C=O) groups excluding carboxylic acids is 1. The molecule has 0 bridgehead atoms. The lowest BCUT2D eigenvalue weighted by molar-refractivity contribution is -0.126. The number of Topliss-reactive ketones (excluding diaryl/α,β-unsaturated/α-hetero) is 1. The Bertz CT molecular complexity index is 169. The number of ketones is 1. The zero-order chi connectivity index (χ0) is 11.8. The predicted octanol–water partition coefficient (Wildman–Crippen LogP) is 3.02. The van der Waals surface area contributed by atoms with Crippen LogP contribution in [0.1, 0.15) is 53.4 Å². The Morgan fingerprint density at radius 1 is 1.13 bits per heavy atom. The minimum Gasteiger partial charge on any atom is -0.317 e. The molecule has 1 aliphatic rings. The molecule has 1 aliphatic carbocycles. The Hall–Kier alpha value is -0.370.